The molecule has 3 aromatic rings. The number of nitrogens with zero attached hydrogens (tertiary/aromatic N) is 1. The van der Waals surface area contributed by atoms with Crippen LogP contribution < -0.4 is 19.6 Å². The molecule has 0 saturated heterocycles. The third-order valence-corrected chi connectivity index (χ3v) is 4.21. The molecule has 0 atom stereocenters. The van der Waals surface area contributed by atoms with Gasteiger partial charge in [0.05, 0.1) is 17.8 Å². The van der Waals surface area contributed by atoms with Gasteiger partial charge in [-0.05, 0) is 37.3 Å². The Balaban J connectivity index is 1.48. The first kappa shape index (κ1) is 17.2. The van der Waals surface area contributed by atoms with E-state index in [0.717, 1.165) is 5.39 Å². The number of benzene rings is 2. The van der Waals surface area contributed by atoms with Gasteiger partial charge in [0.1, 0.15) is 11.3 Å². The molecule has 2 heterocycles. The first-order valence-corrected chi connectivity index (χ1v) is 8.61. The van der Waals surface area contributed by atoms with E-state index in [0.29, 0.717) is 40.0 Å². The molecule has 4 rings (SSSR count). The predicted molar refractivity (Wildman–Crippen MR) is 100 cm³/mol. The maximum Gasteiger partial charge on any atom is 0.307 e. The second-order valence-electron chi connectivity index (χ2n) is 5.67. The molecule has 0 aliphatic carbocycles. The van der Waals surface area contributed by atoms with Crippen molar-refractivity contribution in [1.82, 2.24) is 5.43 Å². The zero-order valence-corrected chi connectivity index (χ0v) is 15.1. The lowest BCUT2D eigenvalue weighted by Gasteiger charge is -2.01. The average molecular weight is 387 g/mol. The molecule has 1 aliphatic heterocycles. The second-order valence-corrected chi connectivity index (χ2v) is 6.08. The summed E-state index contributed by atoms with van der Waals surface area (Å²) in [5.41, 5.74) is 3.60. The maximum absolute atomic E-state index is 12.3. The van der Waals surface area contributed by atoms with Gasteiger partial charge in [0.2, 0.25) is 6.79 Å². The summed E-state index contributed by atoms with van der Waals surface area (Å²) < 4.78 is 21.5. The summed E-state index contributed by atoms with van der Waals surface area (Å²) in [5.74, 6) is 1.54. The summed E-state index contributed by atoms with van der Waals surface area (Å²) in [6.45, 7) is 2.62. The van der Waals surface area contributed by atoms with E-state index in [2.05, 4.69) is 10.5 Å². The van der Waals surface area contributed by atoms with Crippen molar-refractivity contribution < 1.29 is 23.4 Å². The summed E-state index contributed by atoms with van der Waals surface area (Å²) in [5, 5.41) is 5.14. The molecule has 1 aromatic heterocycles. The molecule has 1 N–H and O–H groups in total. The van der Waals surface area contributed by atoms with Crippen LogP contribution in [0.3, 0.4) is 0 Å². The fraction of sp³-hybridized carbons (Fsp3) is 0.158. The number of ether oxygens (including phenoxy) is 3. The number of carbonyl (C=O) groups is 1. The number of furan rings is 1. The lowest BCUT2D eigenvalue weighted by Crippen LogP contribution is -2.16. The van der Waals surface area contributed by atoms with E-state index in [4.69, 9.17) is 30.2 Å². The molecule has 0 unspecified atom stereocenters. The number of halogens is 1. The molecule has 8 heteroatoms. The van der Waals surface area contributed by atoms with Crippen LogP contribution in [0.25, 0.3) is 11.0 Å². The van der Waals surface area contributed by atoms with Gasteiger partial charge in [-0.2, -0.15) is 5.10 Å². The highest BCUT2D eigenvalue weighted by molar-refractivity contribution is 6.33. The van der Waals surface area contributed by atoms with Crippen molar-refractivity contribution in [1.29, 1.82) is 0 Å². The summed E-state index contributed by atoms with van der Waals surface area (Å²) in [6, 6.07) is 10.3. The summed E-state index contributed by atoms with van der Waals surface area (Å²) in [7, 11) is 0. The van der Waals surface area contributed by atoms with E-state index in [1.807, 2.05) is 13.0 Å². The fourth-order valence-corrected chi connectivity index (χ4v) is 2.84. The maximum atomic E-state index is 12.3. The molecular formula is C19H15ClN2O5. The van der Waals surface area contributed by atoms with Crippen molar-refractivity contribution in [2.45, 2.75) is 6.92 Å². The Bertz CT molecular complexity index is 1040. The van der Waals surface area contributed by atoms with Gasteiger partial charge in [-0.15, -0.1) is 0 Å². The second kappa shape index (κ2) is 7.20. The molecule has 0 saturated carbocycles. The molecule has 138 valence electrons. The minimum absolute atomic E-state index is 0.146. The van der Waals surface area contributed by atoms with Crippen LogP contribution in [0, 0.1) is 0 Å². The van der Waals surface area contributed by atoms with Crippen molar-refractivity contribution in [2.24, 2.45) is 5.10 Å². The van der Waals surface area contributed by atoms with Crippen LogP contribution in [-0.4, -0.2) is 25.5 Å². The zero-order chi connectivity index (χ0) is 18.8. The number of carbonyl (C=O) groups excluding carboxylic acids is 1. The molecule has 0 fully saturated rings. The van der Waals surface area contributed by atoms with Gasteiger partial charge in [-0.1, -0.05) is 11.6 Å². The molecule has 27 heavy (non-hydrogen) atoms. The number of nitrogens with one attached hydrogen (secondary N) is 1. The monoisotopic (exact) mass is 386 g/mol. The van der Waals surface area contributed by atoms with E-state index in [-0.39, 0.29) is 12.6 Å². The van der Waals surface area contributed by atoms with Crippen LogP contribution in [0.15, 0.2) is 45.9 Å². The first-order chi connectivity index (χ1) is 13.1. The number of amides is 1. The van der Waals surface area contributed by atoms with Crippen LogP contribution >= 0.6 is 11.6 Å². The standard InChI is InChI=1S/C19H15ClN2O5/c1-2-24-13-3-4-15-11(5-13)6-18(27-15)19(23)22-21-9-12-7-16-17(8-14(12)20)26-10-25-16/h3-9H,2,10H2,1H3,(H,22,23)/b21-9+. The van der Waals surface area contributed by atoms with Gasteiger partial charge in [0, 0.05) is 17.0 Å². The lowest BCUT2D eigenvalue weighted by atomic mass is 10.2. The highest BCUT2D eigenvalue weighted by Crippen LogP contribution is 2.36. The average Bonchev–Trinajstić information content (AvgIpc) is 3.28. The van der Waals surface area contributed by atoms with Gasteiger partial charge in [0.25, 0.3) is 0 Å². The van der Waals surface area contributed by atoms with Gasteiger partial charge in [0.15, 0.2) is 17.3 Å². The lowest BCUT2D eigenvalue weighted by molar-refractivity contribution is 0.0929. The van der Waals surface area contributed by atoms with Crippen molar-refractivity contribution in [3.8, 4) is 17.2 Å². The van der Waals surface area contributed by atoms with Gasteiger partial charge >= 0.3 is 5.91 Å². The van der Waals surface area contributed by atoms with Crippen molar-refractivity contribution >= 4 is 34.7 Å². The van der Waals surface area contributed by atoms with Crippen LogP contribution in [0.4, 0.5) is 0 Å². The van der Waals surface area contributed by atoms with E-state index < -0.39 is 5.91 Å². The number of hydrazone groups is 1. The topological polar surface area (TPSA) is 82.3 Å². The quantitative estimate of drug-likeness (QED) is 0.529. The number of fused-ring (bicyclic) bond motifs is 2. The molecule has 0 spiro atoms. The highest BCUT2D eigenvalue weighted by atomic mass is 35.5. The molecule has 0 bridgehead atoms. The molecule has 2 aromatic carbocycles. The smallest absolute Gasteiger partial charge is 0.307 e. The Kier molecular flexibility index (Phi) is 4.60. The molecule has 0 radical (unpaired) electrons. The Morgan fingerprint density at radius 1 is 1.26 bits per heavy atom. The van der Waals surface area contributed by atoms with Gasteiger partial charge < -0.3 is 18.6 Å². The van der Waals surface area contributed by atoms with E-state index >= 15 is 0 Å². The van der Waals surface area contributed by atoms with E-state index in [1.165, 1.54) is 6.21 Å². The normalized spacial score (nSPS) is 12.7. The Labute approximate surface area is 159 Å². The molecular weight excluding hydrogens is 372 g/mol. The SMILES string of the molecule is CCOc1ccc2oc(C(=O)N/N=C/c3cc4c(cc3Cl)OCO4)cc2c1. The van der Waals surface area contributed by atoms with E-state index in [9.17, 15) is 4.79 Å². The zero-order valence-electron chi connectivity index (χ0n) is 14.3. The summed E-state index contributed by atoms with van der Waals surface area (Å²) in [4.78, 5) is 12.3. The molecule has 1 aliphatic rings. The predicted octanol–water partition coefficient (Wildman–Crippen LogP) is 3.98. The first-order valence-electron chi connectivity index (χ1n) is 8.23. The van der Waals surface area contributed by atoms with Crippen LogP contribution in [0.1, 0.15) is 23.0 Å². The van der Waals surface area contributed by atoms with Gasteiger partial charge in [-0.3, -0.25) is 4.79 Å². The van der Waals surface area contributed by atoms with Crippen LogP contribution in [0.5, 0.6) is 17.2 Å². The Hall–Kier alpha value is -3.19. The van der Waals surface area contributed by atoms with Crippen molar-refractivity contribution in [3.05, 3.63) is 52.7 Å². The summed E-state index contributed by atoms with van der Waals surface area (Å²) >= 11 is 6.16. The number of hydrogen-bond donors (Lipinski definition) is 1. The van der Waals surface area contributed by atoms with Crippen LogP contribution in [0.2, 0.25) is 5.02 Å². The van der Waals surface area contributed by atoms with Gasteiger partial charge in [-0.25, -0.2) is 5.43 Å². The highest BCUT2D eigenvalue weighted by Gasteiger charge is 2.16. The molecule has 1 amide bonds. The van der Waals surface area contributed by atoms with E-state index in [1.54, 1.807) is 30.3 Å². The van der Waals surface area contributed by atoms with Crippen LogP contribution in [-0.2, 0) is 0 Å². The molecule has 7 nitrogen and oxygen atoms in total. The number of hydrogen-bond acceptors (Lipinski definition) is 6. The third kappa shape index (κ3) is 3.54. The Morgan fingerprint density at radius 2 is 2.07 bits per heavy atom. The van der Waals surface area contributed by atoms with Crippen molar-refractivity contribution in [3.63, 3.8) is 0 Å². The fourth-order valence-electron chi connectivity index (χ4n) is 2.64. The minimum atomic E-state index is -0.475. The largest absolute Gasteiger partial charge is 0.494 e. The minimum Gasteiger partial charge on any atom is -0.494 e. The Morgan fingerprint density at radius 3 is 2.89 bits per heavy atom. The summed E-state index contributed by atoms with van der Waals surface area (Å²) in [6.07, 6.45) is 1.43. The third-order valence-electron chi connectivity index (χ3n) is 3.88. The van der Waals surface area contributed by atoms with Crippen molar-refractivity contribution in [2.75, 3.05) is 13.4 Å². The number of rotatable bonds is 5.